The van der Waals surface area contributed by atoms with Gasteiger partial charge in [-0.15, -0.1) is 0 Å². The minimum atomic E-state index is -0.197. The Balaban J connectivity index is 1.75. The second kappa shape index (κ2) is 5.96. The van der Waals surface area contributed by atoms with Crippen LogP contribution in [0.5, 0.6) is 0 Å². The molecule has 0 bridgehead atoms. The summed E-state index contributed by atoms with van der Waals surface area (Å²) in [7, 11) is 0. The van der Waals surface area contributed by atoms with E-state index in [0.717, 1.165) is 17.4 Å². The summed E-state index contributed by atoms with van der Waals surface area (Å²) >= 11 is 3.38. The van der Waals surface area contributed by atoms with Crippen molar-refractivity contribution in [2.24, 2.45) is 0 Å². The van der Waals surface area contributed by atoms with E-state index in [2.05, 4.69) is 45.5 Å². The van der Waals surface area contributed by atoms with E-state index in [-0.39, 0.29) is 5.82 Å². The van der Waals surface area contributed by atoms with E-state index in [1.54, 1.807) is 12.1 Å². The quantitative estimate of drug-likeness (QED) is 0.821. The van der Waals surface area contributed by atoms with Gasteiger partial charge in [0.15, 0.2) is 0 Å². The lowest BCUT2D eigenvalue weighted by Gasteiger charge is -2.26. The molecule has 2 aromatic carbocycles. The molecule has 1 N–H and O–H groups in total. The standard InChI is InChI=1S/C17H17BrFN/c18-14-8-9-16(19)17(10-14)20-11-13-6-3-5-12-4-1-2-7-15(12)13/h1-2,4,7-10,13,20H,3,5-6,11H2. The van der Waals surface area contributed by atoms with Gasteiger partial charge in [0.05, 0.1) is 5.69 Å². The molecular weight excluding hydrogens is 317 g/mol. The fourth-order valence-corrected chi connectivity index (χ4v) is 3.29. The lowest BCUT2D eigenvalue weighted by molar-refractivity contribution is 0.568. The van der Waals surface area contributed by atoms with Gasteiger partial charge in [0.1, 0.15) is 5.82 Å². The van der Waals surface area contributed by atoms with Crippen molar-refractivity contribution in [2.45, 2.75) is 25.2 Å². The number of anilines is 1. The van der Waals surface area contributed by atoms with Crippen LogP contribution in [0.4, 0.5) is 10.1 Å². The monoisotopic (exact) mass is 333 g/mol. The molecule has 0 saturated heterocycles. The number of halogens is 2. The first-order valence-electron chi connectivity index (χ1n) is 7.01. The third-order valence-electron chi connectivity index (χ3n) is 3.96. The van der Waals surface area contributed by atoms with Crippen LogP contribution < -0.4 is 5.32 Å². The van der Waals surface area contributed by atoms with Crippen molar-refractivity contribution in [1.82, 2.24) is 0 Å². The molecule has 1 unspecified atom stereocenters. The zero-order valence-corrected chi connectivity index (χ0v) is 12.8. The maximum atomic E-state index is 13.7. The molecule has 3 heteroatoms. The van der Waals surface area contributed by atoms with Crippen LogP contribution in [0.3, 0.4) is 0 Å². The molecule has 3 rings (SSSR count). The van der Waals surface area contributed by atoms with Crippen LogP contribution in [0, 0.1) is 5.82 Å². The SMILES string of the molecule is Fc1ccc(Br)cc1NCC1CCCc2ccccc21. The van der Waals surface area contributed by atoms with Gasteiger partial charge in [-0.25, -0.2) is 4.39 Å². The molecule has 104 valence electrons. The van der Waals surface area contributed by atoms with Crippen molar-refractivity contribution in [3.8, 4) is 0 Å². The average Bonchev–Trinajstić information content (AvgIpc) is 2.48. The normalized spacial score (nSPS) is 17.6. The third kappa shape index (κ3) is 2.88. The highest BCUT2D eigenvalue weighted by Crippen LogP contribution is 2.32. The van der Waals surface area contributed by atoms with Gasteiger partial charge in [0.25, 0.3) is 0 Å². The minimum absolute atomic E-state index is 0.197. The van der Waals surface area contributed by atoms with E-state index in [9.17, 15) is 4.39 Å². The molecule has 0 amide bonds. The van der Waals surface area contributed by atoms with Gasteiger partial charge in [0, 0.05) is 16.9 Å². The number of benzene rings is 2. The van der Waals surface area contributed by atoms with Gasteiger partial charge in [-0.3, -0.25) is 0 Å². The Morgan fingerprint density at radius 1 is 1.20 bits per heavy atom. The van der Waals surface area contributed by atoms with E-state index < -0.39 is 0 Å². The molecule has 20 heavy (non-hydrogen) atoms. The summed E-state index contributed by atoms with van der Waals surface area (Å²) in [6, 6.07) is 13.6. The summed E-state index contributed by atoms with van der Waals surface area (Å²) in [5, 5.41) is 3.26. The molecule has 0 radical (unpaired) electrons. The smallest absolute Gasteiger partial charge is 0.146 e. The van der Waals surface area contributed by atoms with Crippen molar-refractivity contribution in [1.29, 1.82) is 0 Å². The largest absolute Gasteiger partial charge is 0.382 e. The Morgan fingerprint density at radius 2 is 2.05 bits per heavy atom. The summed E-state index contributed by atoms with van der Waals surface area (Å²) < 4.78 is 14.6. The van der Waals surface area contributed by atoms with Crippen LogP contribution in [0.1, 0.15) is 29.9 Å². The van der Waals surface area contributed by atoms with Crippen molar-refractivity contribution in [2.75, 3.05) is 11.9 Å². The highest BCUT2D eigenvalue weighted by Gasteiger charge is 2.19. The van der Waals surface area contributed by atoms with Gasteiger partial charge in [-0.1, -0.05) is 40.2 Å². The highest BCUT2D eigenvalue weighted by molar-refractivity contribution is 9.10. The summed E-state index contributed by atoms with van der Waals surface area (Å²) in [6.45, 7) is 0.782. The number of aryl methyl sites for hydroxylation is 1. The first-order valence-corrected chi connectivity index (χ1v) is 7.80. The first-order chi connectivity index (χ1) is 9.74. The highest BCUT2D eigenvalue weighted by atomic mass is 79.9. The molecule has 0 spiro atoms. The van der Waals surface area contributed by atoms with Crippen LogP contribution in [0.2, 0.25) is 0 Å². The second-order valence-corrected chi connectivity index (χ2v) is 6.21. The van der Waals surface area contributed by atoms with Crippen molar-refractivity contribution in [3.63, 3.8) is 0 Å². The number of hydrogen-bond donors (Lipinski definition) is 1. The van der Waals surface area contributed by atoms with Crippen molar-refractivity contribution < 1.29 is 4.39 Å². The summed E-state index contributed by atoms with van der Waals surface area (Å²) in [5.74, 6) is 0.274. The van der Waals surface area contributed by atoms with Gasteiger partial charge in [-0.05, 0) is 48.6 Å². The fraction of sp³-hybridized carbons (Fsp3) is 0.294. The maximum Gasteiger partial charge on any atom is 0.146 e. The summed E-state index contributed by atoms with van der Waals surface area (Å²) in [5.41, 5.74) is 3.43. The van der Waals surface area contributed by atoms with Gasteiger partial charge in [0.2, 0.25) is 0 Å². The average molecular weight is 334 g/mol. The molecule has 0 aromatic heterocycles. The van der Waals surface area contributed by atoms with E-state index in [0.29, 0.717) is 11.6 Å². The molecule has 0 saturated carbocycles. The Kier molecular flexibility index (Phi) is 4.06. The van der Waals surface area contributed by atoms with Crippen LogP contribution in [-0.2, 0) is 6.42 Å². The molecule has 1 aliphatic rings. The molecule has 1 nitrogen and oxygen atoms in total. The molecule has 0 aliphatic heterocycles. The van der Waals surface area contributed by atoms with Crippen molar-refractivity contribution >= 4 is 21.6 Å². The minimum Gasteiger partial charge on any atom is -0.382 e. The predicted molar refractivity (Wildman–Crippen MR) is 84.7 cm³/mol. The van der Waals surface area contributed by atoms with Crippen LogP contribution in [-0.4, -0.2) is 6.54 Å². The van der Waals surface area contributed by atoms with E-state index >= 15 is 0 Å². The number of fused-ring (bicyclic) bond motifs is 1. The second-order valence-electron chi connectivity index (χ2n) is 5.29. The van der Waals surface area contributed by atoms with Gasteiger partial charge >= 0.3 is 0 Å². The number of nitrogens with one attached hydrogen (secondary N) is 1. The number of rotatable bonds is 3. The van der Waals surface area contributed by atoms with Gasteiger partial charge < -0.3 is 5.32 Å². The van der Waals surface area contributed by atoms with Crippen LogP contribution in [0.15, 0.2) is 46.9 Å². The third-order valence-corrected chi connectivity index (χ3v) is 4.45. The molecule has 2 aromatic rings. The molecule has 1 aliphatic carbocycles. The molecule has 0 heterocycles. The molecule has 0 fully saturated rings. The topological polar surface area (TPSA) is 12.0 Å². The first kappa shape index (κ1) is 13.6. The zero-order chi connectivity index (χ0) is 13.9. The van der Waals surface area contributed by atoms with Crippen LogP contribution in [0.25, 0.3) is 0 Å². The van der Waals surface area contributed by atoms with E-state index in [1.807, 2.05) is 0 Å². The fourth-order valence-electron chi connectivity index (χ4n) is 2.93. The van der Waals surface area contributed by atoms with Crippen molar-refractivity contribution in [3.05, 3.63) is 63.9 Å². The van der Waals surface area contributed by atoms with E-state index in [1.165, 1.54) is 30.0 Å². The number of hydrogen-bond acceptors (Lipinski definition) is 1. The lowest BCUT2D eigenvalue weighted by atomic mass is 9.83. The Labute approximate surface area is 127 Å². The summed E-state index contributed by atoms with van der Waals surface area (Å²) in [4.78, 5) is 0. The zero-order valence-electron chi connectivity index (χ0n) is 11.2. The molecule has 1 atom stereocenters. The Morgan fingerprint density at radius 3 is 2.95 bits per heavy atom. The predicted octanol–water partition coefficient (Wildman–Crippen LogP) is 5.12. The maximum absolute atomic E-state index is 13.7. The van der Waals surface area contributed by atoms with Gasteiger partial charge in [-0.2, -0.15) is 0 Å². The van der Waals surface area contributed by atoms with E-state index in [4.69, 9.17) is 0 Å². The Bertz CT molecular complexity index is 612. The Hall–Kier alpha value is -1.35. The molecular formula is C17H17BrFN. The summed E-state index contributed by atoms with van der Waals surface area (Å²) in [6.07, 6.45) is 3.54. The van der Waals surface area contributed by atoms with Crippen LogP contribution >= 0.6 is 15.9 Å². The lowest BCUT2D eigenvalue weighted by Crippen LogP contribution is -2.18.